The van der Waals surface area contributed by atoms with E-state index in [1.807, 2.05) is 6.07 Å². The van der Waals surface area contributed by atoms with E-state index in [2.05, 4.69) is 12.2 Å². The lowest BCUT2D eigenvalue weighted by molar-refractivity contribution is -0.111. The van der Waals surface area contributed by atoms with Crippen LogP contribution in [0.3, 0.4) is 0 Å². The summed E-state index contributed by atoms with van der Waals surface area (Å²) in [4.78, 5) is 25.5. The number of methoxy groups -OCH3 is 2. The molecule has 6 nitrogen and oxygen atoms in total. The van der Waals surface area contributed by atoms with Crippen molar-refractivity contribution in [2.75, 3.05) is 19.5 Å². The Balaban J connectivity index is 1.78. The van der Waals surface area contributed by atoms with Crippen molar-refractivity contribution in [2.45, 2.75) is 26.2 Å². The maximum Gasteiger partial charge on any atom is 0.251 e. The average molecular weight is 401 g/mol. The highest BCUT2D eigenvalue weighted by Crippen LogP contribution is 2.39. The summed E-state index contributed by atoms with van der Waals surface area (Å²) in [6, 6.07) is 5.38. The van der Waals surface area contributed by atoms with Crippen LogP contribution in [0.4, 0.5) is 5.00 Å². The van der Waals surface area contributed by atoms with Gasteiger partial charge in [0.2, 0.25) is 5.91 Å². The van der Waals surface area contributed by atoms with Gasteiger partial charge in [-0.05, 0) is 54.5 Å². The van der Waals surface area contributed by atoms with Crippen molar-refractivity contribution < 1.29 is 19.1 Å². The second kappa shape index (κ2) is 8.48. The number of hydrogen-bond acceptors (Lipinski definition) is 5. The van der Waals surface area contributed by atoms with E-state index in [-0.39, 0.29) is 5.91 Å². The second-order valence-electron chi connectivity index (χ2n) is 6.86. The number of ether oxygens (including phenoxy) is 2. The van der Waals surface area contributed by atoms with Crippen LogP contribution in [-0.4, -0.2) is 26.0 Å². The molecule has 1 aliphatic carbocycles. The van der Waals surface area contributed by atoms with Crippen molar-refractivity contribution in [3.63, 3.8) is 0 Å². The van der Waals surface area contributed by atoms with Gasteiger partial charge in [-0.25, -0.2) is 0 Å². The number of amides is 2. The molecule has 7 heteroatoms. The summed E-state index contributed by atoms with van der Waals surface area (Å²) in [5.74, 6) is 0.963. The van der Waals surface area contributed by atoms with Gasteiger partial charge in [-0.15, -0.1) is 11.3 Å². The summed E-state index contributed by atoms with van der Waals surface area (Å²) in [6.07, 6.45) is 5.86. The highest BCUT2D eigenvalue weighted by Gasteiger charge is 2.26. The molecule has 1 aromatic heterocycles. The predicted molar refractivity (Wildman–Crippen MR) is 111 cm³/mol. The summed E-state index contributed by atoms with van der Waals surface area (Å²) in [5.41, 5.74) is 7.84. The Morgan fingerprint density at radius 1 is 1.25 bits per heavy atom. The third-order valence-corrected chi connectivity index (χ3v) is 6.00. The number of thiophene rings is 1. The van der Waals surface area contributed by atoms with Gasteiger partial charge in [0, 0.05) is 11.0 Å². The molecule has 0 aliphatic heterocycles. The molecule has 0 saturated heterocycles. The van der Waals surface area contributed by atoms with Gasteiger partial charge in [0.15, 0.2) is 11.5 Å². The standard InChI is InChI=1S/C21H24N2O4S/c1-12-4-7-14-17(10-12)28-21(19(14)20(22)25)23-18(24)9-6-13-5-8-15(26-2)16(11-13)27-3/h5-6,8-9,11-12H,4,7,10H2,1-3H3,(H2,22,25)(H,23,24)/b9-6+. The van der Waals surface area contributed by atoms with E-state index in [4.69, 9.17) is 15.2 Å². The van der Waals surface area contributed by atoms with Crippen molar-refractivity contribution in [2.24, 2.45) is 11.7 Å². The molecule has 3 rings (SSSR count). The number of hydrogen-bond donors (Lipinski definition) is 2. The third kappa shape index (κ3) is 4.20. The van der Waals surface area contributed by atoms with Crippen molar-refractivity contribution in [1.82, 2.24) is 0 Å². The summed E-state index contributed by atoms with van der Waals surface area (Å²) < 4.78 is 10.5. The van der Waals surface area contributed by atoms with Crippen LogP contribution in [0.15, 0.2) is 24.3 Å². The fourth-order valence-corrected chi connectivity index (χ4v) is 4.80. The predicted octanol–water partition coefficient (Wildman–Crippen LogP) is 3.64. The van der Waals surface area contributed by atoms with Crippen LogP contribution in [0.25, 0.3) is 6.08 Å². The van der Waals surface area contributed by atoms with Gasteiger partial charge in [-0.1, -0.05) is 13.0 Å². The number of carbonyl (C=O) groups excluding carboxylic acids is 2. The minimum absolute atomic E-state index is 0.316. The molecule has 1 aliphatic rings. The van der Waals surface area contributed by atoms with Crippen molar-refractivity contribution in [3.05, 3.63) is 45.8 Å². The minimum atomic E-state index is -0.494. The Morgan fingerprint density at radius 3 is 2.68 bits per heavy atom. The van der Waals surface area contributed by atoms with Crippen molar-refractivity contribution in [1.29, 1.82) is 0 Å². The maximum atomic E-state index is 12.4. The summed E-state index contributed by atoms with van der Waals surface area (Å²) >= 11 is 1.45. The third-order valence-electron chi connectivity index (χ3n) is 4.83. The molecular weight excluding hydrogens is 376 g/mol. The first-order chi connectivity index (χ1) is 13.4. The zero-order chi connectivity index (χ0) is 20.3. The molecule has 3 N–H and O–H groups in total. The van der Waals surface area contributed by atoms with E-state index in [1.165, 1.54) is 17.4 Å². The van der Waals surface area contributed by atoms with Crippen molar-refractivity contribution in [3.8, 4) is 11.5 Å². The number of anilines is 1. The SMILES string of the molecule is COc1ccc(/C=C/C(=O)Nc2sc3c(c2C(N)=O)CCC(C)C3)cc1OC. The number of benzene rings is 1. The fourth-order valence-electron chi connectivity index (χ4n) is 3.38. The van der Waals surface area contributed by atoms with Gasteiger partial charge in [-0.3, -0.25) is 9.59 Å². The lowest BCUT2D eigenvalue weighted by atomic mass is 9.88. The molecule has 0 spiro atoms. The quantitative estimate of drug-likeness (QED) is 0.724. The summed E-state index contributed by atoms with van der Waals surface area (Å²) in [5, 5.41) is 3.36. The van der Waals surface area contributed by atoms with Crippen LogP contribution >= 0.6 is 11.3 Å². The van der Waals surface area contributed by atoms with Crippen LogP contribution in [0.1, 0.15) is 39.7 Å². The van der Waals surface area contributed by atoms with Gasteiger partial charge < -0.3 is 20.5 Å². The topological polar surface area (TPSA) is 90.6 Å². The Bertz CT molecular complexity index is 933. The monoisotopic (exact) mass is 400 g/mol. The van der Waals surface area contributed by atoms with Crippen LogP contribution < -0.4 is 20.5 Å². The molecule has 0 bridgehead atoms. The summed E-state index contributed by atoms with van der Waals surface area (Å²) in [7, 11) is 3.13. The normalized spacial score (nSPS) is 15.9. The molecule has 2 aromatic rings. The van der Waals surface area contributed by atoms with Crippen molar-refractivity contribution >= 4 is 34.2 Å². The lowest BCUT2D eigenvalue weighted by Gasteiger charge is -2.18. The number of fused-ring (bicyclic) bond motifs is 1. The molecule has 0 fully saturated rings. The molecule has 1 unspecified atom stereocenters. The molecule has 1 heterocycles. The zero-order valence-electron chi connectivity index (χ0n) is 16.2. The number of rotatable bonds is 6. The van der Waals surface area contributed by atoms with E-state index in [0.717, 1.165) is 35.3 Å². The molecule has 1 atom stereocenters. The van der Waals surface area contributed by atoms with Gasteiger partial charge in [-0.2, -0.15) is 0 Å². The Morgan fingerprint density at radius 2 is 2.00 bits per heavy atom. The Hall–Kier alpha value is -2.80. The number of nitrogens with two attached hydrogens (primary N) is 1. The molecule has 0 radical (unpaired) electrons. The first-order valence-electron chi connectivity index (χ1n) is 9.08. The van der Waals surface area contributed by atoms with E-state index >= 15 is 0 Å². The van der Waals surface area contributed by atoms with Crippen LogP contribution in [0.2, 0.25) is 0 Å². The molecule has 28 heavy (non-hydrogen) atoms. The highest BCUT2D eigenvalue weighted by atomic mass is 32.1. The number of primary amides is 1. The van der Waals surface area contributed by atoms with E-state index in [9.17, 15) is 9.59 Å². The lowest BCUT2D eigenvalue weighted by Crippen LogP contribution is -2.18. The smallest absolute Gasteiger partial charge is 0.251 e. The van der Waals surface area contributed by atoms with Gasteiger partial charge >= 0.3 is 0 Å². The Kier molecular flexibility index (Phi) is 6.04. The number of carbonyl (C=O) groups is 2. The average Bonchev–Trinajstić information content (AvgIpc) is 3.02. The minimum Gasteiger partial charge on any atom is -0.493 e. The molecule has 1 aromatic carbocycles. The largest absolute Gasteiger partial charge is 0.493 e. The fraction of sp³-hybridized carbons (Fsp3) is 0.333. The first-order valence-corrected chi connectivity index (χ1v) is 9.90. The molecule has 148 valence electrons. The van der Waals surface area contributed by atoms with Crippen LogP contribution in [0, 0.1) is 5.92 Å². The van der Waals surface area contributed by atoms with Gasteiger partial charge in [0.05, 0.1) is 19.8 Å². The first kappa shape index (κ1) is 19.9. The van der Waals surface area contributed by atoms with Gasteiger partial charge in [0.25, 0.3) is 5.91 Å². The van der Waals surface area contributed by atoms with Crippen LogP contribution in [-0.2, 0) is 17.6 Å². The van der Waals surface area contributed by atoms with Crippen LogP contribution in [0.5, 0.6) is 11.5 Å². The van der Waals surface area contributed by atoms with Gasteiger partial charge in [0.1, 0.15) is 5.00 Å². The highest BCUT2D eigenvalue weighted by molar-refractivity contribution is 7.17. The summed E-state index contributed by atoms with van der Waals surface area (Å²) in [6.45, 7) is 2.19. The number of nitrogens with one attached hydrogen (secondary N) is 1. The molecule has 0 saturated carbocycles. The van der Waals surface area contributed by atoms with E-state index in [0.29, 0.717) is 28.0 Å². The second-order valence-corrected chi connectivity index (χ2v) is 7.96. The van der Waals surface area contributed by atoms with E-state index in [1.54, 1.807) is 32.4 Å². The van der Waals surface area contributed by atoms with E-state index < -0.39 is 5.91 Å². The molecule has 2 amide bonds. The maximum absolute atomic E-state index is 12.4. The molecular formula is C21H24N2O4S. The Labute approximate surface area is 168 Å². The zero-order valence-corrected chi connectivity index (χ0v) is 17.0.